The number of rotatable bonds is 4. The zero-order valence-corrected chi connectivity index (χ0v) is 18.7. The van der Waals surface area contributed by atoms with E-state index in [1.165, 1.54) is 41.7 Å². The summed E-state index contributed by atoms with van der Waals surface area (Å²) < 4.78 is 15.9. The number of nitrogens with zero attached hydrogens (tertiary/aromatic N) is 2. The number of thiazole rings is 1. The fraction of sp³-hybridized carbons (Fsp3) is 0.167. The molecule has 10 heteroatoms. The number of fused-ring (bicyclic) bond motifs is 1. The van der Waals surface area contributed by atoms with Gasteiger partial charge in [0, 0.05) is 17.1 Å². The van der Waals surface area contributed by atoms with Crippen LogP contribution in [0.2, 0.25) is 0 Å². The molecule has 0 spiro atoms. The summed E-state index contributed by atoms with van der Waals surface area (Å²) in [5, 5.41) is 13.2. The number of benzene rings is 2. The van der Waals surface area contributed by atoms with Crippen LogP contribution in [-0.4, -0.2) is 48.1 Å². The molecule has 0 saturated carbocycles. The normalized spacial score (nSPS) is 18.7. The summed E-state index contributed by atoms with van der Waals surface area (Å²) in [5.74, 6) is -1.56. The van der Waals surface area contributed by atoms with Crippen molar-refractivity contribution in [2.45, 2.75) is 6.04 Å². The number of methoxy groups -OCH3 is 1. The number of ether oxygens (including phenoxy) is 3. The van der Waals surface area contributed by atoms with Crippen LogP contribution in [-0.2, 0) is 14.3 Å². The lowest BCUT2D eigenvalue weighted by atomic mass is 9.94. The minimum absolute atomic E-state index is 0.0947. The standard InChI is InChI=1S/C24H18N2O7S/c1-31-23(30)14-4-2-13(3-5-14)19-18(21(28)22(29)26(19)24-25-8-11-34-24)20(27)15-6-7-16-17(12-15)33-10-9-32-16/h2-8,11-12,19,27H,9-10H2,1H3/b20-18-. The third-order valence-electron chi connectivity index (χ3n) is 5.53. The monoisotopic (exact) mass is 478 g/mol. The van der Waals surface area contributed by atoms with Gasteiger partial charge in [-0.2, -0.15) is 0 Å². The number of carbonyl (C=O) groups excluding carboxylic acids is 3. The first-order chi connectivity index (χ1) is 16.5. The number of anilines is 1. The van der Waals surface area contributed by atoms with Gasteiger partial charge in [0.15, 0.2) is 16.6 Å². The van der Waals surface area contributed by atoms with Gasteiger partial charge in [0.2, 0.25) is 0 Å². The molecular formula is C24H18N2O7S. The molecule has 1 N–H and O–H groups in total. The Morgan fingerprint density at radius 1 is 1.09 bits per heavy atom. The van der Waals surface area contributed by atoms with Crippen molar-refractivity contribution >= 4 is 39.9 Å². The molecule has 1 atom stereocenters. The van der Waals surface area contributed by atoms with E-state index < -0.39 is 23.7 Å². The van der Waals surface area contributed by atoms with Crippen molar-refractivity contribution in [2.75, 3.05) is 25.2 Å². The van der Waals surface area contributed by atoms with Gasteiger partial charge in [-0.3, -0.25) is 14.5 Å². The molecule has 5 rings (SSSR count). The molecule has 1 unspecified atom stereocenters. The Morgan fingerprint density at radius 2 is 1.79 bits per heavy atom. The molecule has 0 bridgehead atoms. The van der Waals surface area contributed by atoms with E-state index in [1.54, 1.807) is 35.7 Å². The highest BCUT2D eigenvalue weighted by Crippen LogP contribution is 2.43. The second-order valence-corrected chi connectivity index (χ2v) is 8.33. The number of esters is 1. The van der Waals surface area contributed by atoms with Gasteiger partial charge in [0.25, 0.3) is 5.78 Å². The second kappa shape index (κ2) is 8.64. The smallest absolute Gasteiger partial charge is 0.337 e. The maximum Gasteiger partial charge on any atom is 0.337 e. The first-order valence-electron chi connectivity index (χ1n) is 10.3. The van der Waals surface area contributed by atoms with E-state index >= 15 is 0 Å². The predicted molar refractivity (Wildman–Crippen MR) is 122 cm³/mol. The lowest BCUT2D eigenvalue weighted by Crippen LogP contribution is -2.29. The predicted octanol–water partition coefficient (Wildman–Crippen LogP) is 3.33. The van der Waals surface area contributed by atoms with Crippen molar-refractivity contribution in [2.24, 2.45) is 0 Å². The summed E-state index contributed by atoms with van der Waals surface area (Å²) in [6.07, 6.45) is 1.53. The number of aromatic nitrogens is 1. The maximum absolute atomic E-state index is 13.2. The van der Waals surface area contributed by atoms with Gasteiger partial charge >= 0.3 is 11.9 Å². The zero-order chi connectivity index (χ0) is 23.8. The van der Waals surface area contributed by atoms with E-state index in [9.17, 15) is 19.5 Å². The average Bonchev–Trinajstić information content (AvgIpc) is 3.49. The lowest BCUT2D eigenvalue weighted by molar-refractivity contribution is -0.132. The minimum Gasteiger partial charge on any atom is -0.507 e. The SMILES string of the molecule is COC(=O)c1ccc(C2/C(=C(/O)c3ccc4c(c3)OCCO4)C(=O)C(=O)N2c2nccs2)cc1. The summed E-state index contributed by atoms with van der Waals surface area (Å²) in [6, 6.07) is 10.1. The fourth-order valence-electron chi connectivity index (χ4n) is 3.95. The Hall–Kier alpha value is -4.18. The fourth-order valence-corrected chi connectivity index (χ4v) is 4.61. The van der Waals surface area contributed by atoms with E-state index in [-0.39, 0.29) is 11.3 Å². The van der Waals surface area contributed by atoms with Crippen molar-refractivity contribution in [1.29, 1.82) is 0 Å². The van der Waals surface area contributed by atoms with Crippen LogP contribution in [0, 0.1) is 0 Å². The third kappa shape index (κ3) is 3.57. The number of carbonyl (C=O) groups is 3. The molecule has 3 aromatic rings. The summed E-state index contributed by atoms with van der Waals surface area (Å²) in [5.41, 5.74) is 1.03. The van der Waals surface area contributed by atoms with E-state index in [4.69, 9.17) is 14.2 Å². The van der Waals surface area contributed by atoms with Gasteiger partial charge in [-0.1, -0.05) is 12.1 Å². The van der Waals surface area contributed by atoms with Gasteiger partial charge in [-0.05, 0) is 35.9 Å². The zero-order valence-electron chi connectivity index (χ0n) is 17.9. The molecule has 0 aliphatic carbocycles. The van der Waals surface area contributed by atoms with Gasteiger partial charge < -0.3 is 19.3 Å². The van der Waals surface area contributed by atoms with Crippen LogP contribution in [0.15, 0.2) is 59.6 Å². The van der Waals surface area contributed by atoms with E-state index in [1.807, 2.05) is 0 Å². The van der Waals surface area contributed by atoms with Crippen LogP contribution in [0.3, 0.4) is 0 Å². The number of hydrogen-bond donors (Lipinski definition) is 1. The van der Waals surface area contributed by atoms with Crippen molar-refractivity contribution < 1.29 is 33.7 Å². The van der Waals surface area contributed by atoms with Crippen molar-refractivity contribution in [3.8, 4) is 11.5 Å². The van der Waals surface area contributed by atoms with Gasteiger partial charge in [0.1, 0.15) is 19.0 Å². The van der Waals surface area contributed by atoms with Gasteiger partial charge in [-0.15, -0.1) is 11.3 Å². The number of amides is 1. The highest BCUT2D eigenvalue weighted by Gasteiger charge is 2.48. The van der Waals surface area contributed by atoms with Crippen molar-refractivity contribution in [1.82, 2.24) is 4.98 Å². The molecule has 3 heterocycles. The van der Waals surface area contributed by atoms with Crippen LogP contribution in [0.25, 0.3) is 5.76 Å². The Balaban J connectivity index is 1.65. The molecule has 2 aliphatic rings. The Kier molecular flexibility index (Phi) is 5.50. The van der Waals surface area contributed by atoms with Gasteiger partial charge in [-0.25, -0.2) is 9.78 Å². The Bertz CT molecular complexity index is 1320. The highest BCUT2D eigenvalue weighted by molar-refractivity contribution is 7.14. The largest absolute Gasteiger partial charge is 0.507 e. The number of ketones is 1. The molecule has 1 fully saturated rings. The average molecular weight is 478 g/mol. The van der Waals surface area contributed by atoms with Crippen molar-refractivity contribution in [3.05, 3.63) is 76.3 Å². The molecular weight excluding hydrogens is 460 g/mol. The quantitative estimate of drug-likeness (QED) is 0.263. The number of aliphatic hydroxyl groups excluding tert-OH is 1. The van der Waals surface area contributed by atoms with Crippen LogP contribution < -0.4 is 14.4 Å². The maximum atomic E-state index is 13.2. The summed E-state index contributed by atoms with van der Waals surface area (Å²) >= 11 is 1.19. The third-order valence-corrected chi connectivity index (χ3v) is 6.30. The van der Waals surface area contributed by atoms with Crippen LogP contribution in [0.4, 0.5) is 5.13 Å². The minimum atomic E-state index is -0.953. The van der Waals surface area contributed by atoms with E-state index in [0.29, 0.717) is 46.5 Å². The van der Waals surface area contributed by atoms with Crippen LogP contribution in [0.5, 0.6) is 11.5 Å². The topological polar surface area (TPSA) is 115 Å². The summed E-state index contributed by atoms with van der Waals surface area (Å²) in [7, 11) is 1.28. The second-order valence-electron chi connectivity index (χ2n) is 7.46. The highest BCUT2D eigenvalue weighted by atomic mass is 32.1. The van der Waals surface area contributed by atoms with E-state index in [0.717, 1.165) is 0 Å². The molecule has 1 aromatic heterocycles. The summed E-state index contributed by atoms with van der Waals surface area (Å²) in [6.45, 7) is 0.775. The molecule has 34 heavy (non-hydrogen) atoms. The molecule has 172 valence electrons. The molecule has 9 nitrogen and oxygen atoms in total. The number of hydrogen-bond acceptors (Lipinski definition) is 9. The Labute approximate surface area is 197 Å². The first kappa shape index (κ1) is 21.7. The molecule has 1 saturated heterocycles. The molecule has 2 aliphatic heterocycles. The van der Waals surface area contributed by atoms with E-state index in [2.05, 4.69) is 4.98 Å². The van der Waals surface area contributed by atoms with Crippen LogP contribution >= 0.6 is 11.3 Å². The Morgan fingerprint density at radius 3 is 2.47 bits per heavy atom. The molecule has 0 radical (unpaired) electrons. The lowest BCUT2D eigenvalue weighted by Gasteiger charge is -2.23. The molecule has 1 amide bonds. The van der Waals surface area contributed by atoms with Crippen molar-refractivity contribution in [3.63, 3.8) is 0 Å². The number of Topliss-reactive ketones (excluding diaryl/α,β-unsaturated/α-hetero) is 1. The first-order valence-corrected chi connectivity index (χ1v) is 11.2. The summed E-state index contributed by atoms with van der Waals surface area (Å²) in [4.78, 5) is 43.5. The number of aliphatic hydroxyl groups is 1. The van der Waals surface area contributed by atoms with Crippen LogP contribution in [0.1, 0.15) is 27.5 Å². The van der Waals surface area contributed by atoms with Gasteiger partial charge in [0.05, 0.1) is 24.3 Å². The molecule has 2 aromatic carbocycles.